The van der Waals surface area contributed by atoms with Crippen molar-refractivity contribution in [1.29, 1.82) is 0 Å². The van der Waals surface area contributed by atoms with Gasteiger partial charge in [0.2, 0.25) is 0 Å². The molecule has 1 atom stereocenters. The fourth-order valence-corrected chi connectivity index (χ4v) is 1.67. The zero-order valence-electron chi connectivity index (χ0n) is 8.65. The molecule has 0 bridgehead atoms. The summed E-state index contributed by atoms with van der Waals surface area (Å²) in [6, 6.07) is 5.23. The molecule has 1 unspecified atom stereocenters. The van der Waals surface area contributed by atoms with Crippen molar-refractivity contribution in [3.8, 4) is 5.75 Å². The second-order valence-corrected chi connectivity index (χ2v) is 3.49. The predicted octanol–water partition coefficient (Wildman–Crippen LogP) is 1.73. The third-order valence-corrected chi connectivity index (χ3v) is 2.29. The number of benzene rings is 1. The molecule has 1 aliphatic rings. The van der Waals surface area contributed by atoms with E-state index in [4.69, 9.17) is 4.74 Å². The van der Waals surface area contributed by atoms with Crippen LogP contribution in [0.1, 0.15) is 22.8 Å². The van der Waals surface area contributed by atoms with Gasteiger partial charge < -0.3 is 4.74 Å². The van der Waals surface area contributed by atoms with Crippen LogP contribution in [0, 0.1) is 0 Å². The molecular weight excluding hydrogens is 196 g/mol. The van der Waals surface area contributed by atoms with Crippen molar-refractivity contribution in [2.75, 3.05) is 7.11 Å². The van der Waals surface area contributed by atoms with Gasteiger partial charge in [-0.1, -0.05) is 0 Å². The summed E-state index contributed by atoms with van der Waals surface area (Å²) in [4.78, 5) is 20.1. The highest BCUT2D eigenvalue weighted by Gasteiger charge is 2.20. The number of fused-ring (bicyclic) bond motifs is 1. The average Bonchev–Trinajstić information content (AvgIpc) is 2.57. The quantitative estimate of drug-likeness (QED) is 0.548. The Morgan fingerprint density at radius 3 is 3.07 bits per heavy atom. The van der Waals surface area contributed by atoms with Crippen molar-refractivity contribution >= 4 is 5.97 Å². The third-order valence-electron chi connectivity index (χ3n) is 2.29. The van der Waals surface area contributed by atoms with Crippen LogP contribution in [-0.4, -0.2) is 19.2 Å². The molecule has 0 fully saturated rings. The Balaban J connectivity index is 2.23. The van der Waals surface area contributed by atoms with Gasteiger partial charge in [0.05, 0.1) is 12.7 Å². The monoisotopic (exact) mass is 208 g/mol. The normalized spacial score (nSPS) is 18.1. The fraction of sp³-hybridized carbons (Fsp3) is 0.364. The van der Waals surface area contributed by atoms with E-state index in [1.807, 2.05) is 6.92 Å². The summed E-state index contributed by atoms with van der Waals surface area (Å²) >= 11 is 0. The van der Waals surface area contributed by atoms with E-state index >= 15 is 0 Å². The van der Waals surface area contributed by atoms with E-state index in [-0.39, 0.29) is 6.10 Å². The minimum absolute atomic E-state index is 0.175. The van der Waals surface area contributed by atoms with Crippen molar-refractivity contribution in [1.82, 2.24) is 0 Å². The van der Waals surface area contributed by atoms with Gasteiger partial charge in [0.1, 0.15) is 11.9 Å². The van der Waals surface area contributed by atoms with Gasteiger partial charge in [-0.15, -0.1) is 0 Å². The SMILES string of the molecule is COOC(=O)c1ccc2c(c1)CC(C)O2. The average molecular weight is 208 g/mol. The van der Waals surface area contributed by atoms with Crippen molar-refractivity contribution < 1.29 is 19.3 Å². The summed E-state index contributed by atoms with van der Waals surface area (Å²) in [7, 11) is 1.30. The molecule has 0 aliphatic carbocycles. The molecule has 0 saturated heterocycles. The lowest BCUT2D eigenvalue weighted by Gasteiger charge is -2.03. The lowest BCUT2D eigenvalue weighted by molar-refractivity contribution is -0.216. The lowest BCUT2D eigenvalue weighted by Crippen LogP contribution is -2.05. The van der Waals surface area contributed by atoms with Crippen LogP contribution in [0.15, 0.2) is 18.2 Å². The van der Waals surface area contributed by atoms with Gasteiger partial charge in [0.25, 0.3) is 0 Å². The highest BCUT2D eigenvalue weighted by Crippen LogP contribution is 2.29. The van der Waals surface area contributed by atoms with E-state index in [1.165, 1.54) is 7.11 Å². The number of hydrogen-bond donors (Lipinski definition) is 0. The van der Waals surface area contributed by atoms with Gasteiger partial charge >= 0.3 is 5.97 Å². The maximum absolute atomic E-state index is 11.3. The summed E-state index contributed by atoms with van der Waals surface area (Å²) < 4.78 is 5.52. The van der Waals surface area contributed by atoms with E-state index < -0.39 is 5.97 Å². The summed E-state index contributed by atoms with van der Waals surface area (Å²) in [5.41, 5.74) is 1.52. The Morgan fingerprint density at radius 1 is 1.53 bits per heavy atom. The molecule has 1 aromatic rings. The molecule has 0 aromatic heterocycles. The van der Waals surface area contributed by atoms with Crippen LogP contribution in [0.5, 0.6) is 5.75 Å². The summed E-state index contributed by atoms with van der Waals surface area (Å²) in [5.74, 6) is 0.358. The standard InChI is InChI=1S/C11H12O4/c1-7-5-9-6-8(11(12)15-13-2)3-4-10(9)14-7/h3-4,6-7H,5H2,1-2H3. The number of carbonyl (C=O) groups excluding carboxylic acids is 1. The number of rotatable bonds is 2. The molecule has 0 spiro atoms. The molecule has 80 valence electrons. The summed E-state index contributed by atoms with van der Waals surface area (Å²) in [6.07, 6.45) is 0.998. The molecular formula is C11H12O4. The molecule has 0 amide bonds. The first-order chi connectivity index (χ1) is 7.20. The van der Waals surface area contributed by atoms with E-state index in [0.717, 1.165) is 17.7 Å². The van der Waals surface area contributed by atoms with Crippen molar-refractivity contribution in [3.05, 3.63) is 29.3 Å². The molecule has 1 aromatic carbocycles. The van der Waals surface area contributed by atoms with E-state index in [0.29, 0.717) is 5.56 Å². The van der Waals surface area contributed by atoms with Gasteiger partial charge in [0.15, 0.2) is 0 Å². The first kappa shape index (κ1) is 9.98. The Hall–Kier alpha value is -1.55. The minimum Gasteiger partial charge on any atom is -0.490 e. The van der Waals surface area contributed by atoms with Crippen LogP contribution >= 0.6 is 0 Å². The highest BCUT2D eigenvalue weighted by molar-refractivity contribution is 5.89. The van der Waals surface area contributed by atoms with Crippen LogP contribution in [0.3, 0.4) is 0 Å². The van der Waals surface area contributed by atoms with Gasteiger partial charge in [-0.3, -0.25) is 4.89 Å². The largest absolute Gasteiger partial charge is 0.490 e. The zero-order chi connectivity index (χ0) is 10.8. The fourth-order valence-electron chi connectivity index (χ4n) is 1.67. The van der Waals surface area contributed by atoms with Gasteiger partial charge in [-0.2, -0.15) is 4.89 Å². The molecule has 0 saturated carbocycles. The van der Waals surface area contributed by atoms with Crippen molar-refractivity contribution in [2.24, 2.45) is 0 Å². The molecule has 1 aliphatic heterocycles. The Bertz CT molecular complexity index is 386. The molecule has 0 radical (unpaired) electrons. The molecule has 0 N–H and O–H groups in total. The van der Waals surface area contributed by atoms with Crippen LogP contribution in [0.2, 0.25) is 0 Å². The van der Waals surface area contributed by atoms with Crippen LogP contribution < -0.4 is 4.74 Å². The zero-order valence-corrected chi connectivity index (χ0v) is 8.65. The molecule has 4 nitrogen and oxygen atoms in total. The van der Waals surface area contributed by atoms with Crippen LogP contribution in [-0.2, 0) is 16.2 Å². The maximum Gasteiger partial charge on any atom is 0.373 e. The summed E-state index contributed by atoms with van der Waals surface area (Å²) in [6.45, 7) is 1.99. The highest BCUT2D eigenvalue weighted by atomic mass is 17.2. The molecule has 1 heterocycles. The molecule has 2 rings (SSSR count). The van der Waals surface area contributed by atoms with Gasteiger partial charge in [-0.05, 0) is 30.7 Å². The van der Waals surface area contributed by atoms with E-state index in [9.17, 15) is 4.79 Å². The lowest BCUT2D eigenvalue weighted by atomic mass is 10.1. The smallest absolute Gasteiger partial charge is 0.373 e. The second-order valence-electron chi connectivity index (χ2n) is 3.49. The number of hydrogen-bond acceptors (Lipinski definition) is 4. The van der Waals surface area contributed by atoms with Crippen LogP contribution in [0.4, 0.5) is 0 Å². The van der Waals surface area contributed by atoms with E-state index in [2.05, 4.69) is 9.78 Å². The number of ether oxygens (including phenoxy) is 1. The number of carbonyl (C=O) groups is 1. The Kier molecular flexibility index (Phi) is 2.60. The first-order valence-electron chi connectivity index (χ1n) is 4.75. The molecule has 4 heteroatoms. The predicted molar refractivity (Wildman–Crippen MR) is 52.7 cm³/mol. The topological polar surface area (TPSA) is 44.8 Å². The minimum atomic E-state index is -0.486. The van der Waals surface area contributed by atoms with E-state index in [1.54, 1.807) is 18.2 Å². The Labute approximate surface area is 87.7 Å². The molecule has 15 heavy (non-hydrogen) atoms. The van der Waals surface area contributed by atoms with Crippen molar-refractivity contribution in [3.63, 3.8) is 0 Å². The van der Waals surface area contributed by atoms with Gasteiger partial charge in [-0.25, -0.2) is 4.79 Å². The first-order valence-corrected chi connectivity index (χ1v) is 4.75. The van der Waals surface area contributed by atoms with Crippen LogP contribution in [0.25, 0.3) is 0 Å². The summed E-state index contributed by atoms with van der Waals surface area (Å²) in [5, 5.41) is 0. The third kappa shape index (κ3) is 1.94. The second kappa shape index (κ2) is 3.90. The van der Waals surface area contributed by atoms with Crippen molar-refractivity contribution in [2.45, 2.75) is 19.4 Å². The maximum atomic E-state index is 11.3. The van der Waals surface area contributed by atoms with Gasteiger partial charge in [0, 0.05) is 6.42 Å². The Morgan fingerprint density at radius 2 is 2.33 bits per heavy atom.